The molecule has 0 fully saturated rings. The lowest BCUT2D eigenvalue weighted by Crippen LogP contribution is -2.43. The second-order valence-electron chi connectivity index (χ2n) is 15.5. The van der Waals surface area contributed by atoms with Crippen LogP contribution in [0.15, 0.2) is 53.5 Å². The van der Waals surface area contributed by atoms with Gasteiger partial charge in [-0.1, -0.05) is 80.1 Å². The molecule has 0 aliphatic heterocycles. The molecule has 0 radical (unpaired) electrons. The summed E-state index contributed by atoms with van der Waals surface area (Å²) in [5, 5.41) is 10.9. The summed E-state index contributed by atoms with van der Waals surface area (Å²) in [6.45, 7) is 7.34. The van der Waals surface area contributed by atoms with Gasteiger partial charge in [0.1, 0.15) is 12.4 Å². The normalized spacial score (nSPS) is 11.8. The first-order valence-electron chi connectivity index (χ1n) is 22.8. The van der Waals surface area contributed by atoms with E-state index in [1.807, 2.05) is 30.3 Å². The molecule has 5 amide bonds. The molecule has 2 atom stereocenters. The number of esters is 1. The fourth-order valence-corrected chi connectivity index (χ4v) is 6.39. The van der Waals surface area contributed by atoms with Gasteiger partial charge >= 0.3 is 17.9 Å². The first-order chi connectivity index (χ1) is 31.1. The Bertz CT molecular complexity index is 1770. The molecule has 2 aromatic carbocycles. The van der Waals surface area contributed by atoms with Crippen molar-refractivity contribution < 1.29 is 38.2 Å². The molecule has 0 heterocycles. The van der Waals surface area contributed by atoms with Crippen molar-refractivity contribution in [1.29, 1.82) is 0 Å². The number of carbonyl (C=O) groups excluding carboxylic acids is 6. The lowest BCUT2D eigenvalue weighted by Gasteiger charge is -2.13. The fourth-order valence-electron chi connectivity index (χ4n) is 6.39. The topological polar surface area (TPSA) is 264 Å². The van der Waals surface area contributed by atoms with Crippen LogP contribution in [0.2, 0.25) is 0 Å². The van der Waals surface area contributed by atoms with Crippen LogP contribution in [0.4, 0.5) is 0 Å². The zero-order valence-corrected chi connectivity index (χ0v) is 37.5. The molecule has 0 aromatic heterocycles. The maximum absolute atomic E-state index is 13.2. The second-order valence-corrected chi connectivity index (χ2v) is 15.5. The van der Waals surface area contributed by atoms with E-state index in [1.165, 1.54) is 24.4 Å². The summed E-state index contributed by atoms with van der Waals surface area (Å²) in [5.74, 6) is -1.82. The number of hydrogen-bond donors (Lipinski definition) is 7. The molecule has 0 saturated carbocycles. The summed E-state index contributed by atoms with van der Waals surface area (Å²) in [7, 11) is 0. The molecule has 352 valence electrons. The molecule has 2 aromatic rings. The highest BCUT2D eigenvalue weighted by molar-refractivity contribution is 6.00. The predicted molar refractivity (Wildman–Crippen MR) is 249 cm³/mol. The van der Waals surface area contributed by atoms with Gasteiger partial charge in [0.2, 0.25) is 11.8 Å². The van der Waals surface area contributed by atoms with Gasteiger partial charge in [-0.15, -0.1) is 0 Å². The molecule has 17 nitrogen and oxygen atoms in total. The Balaban J connectivity index is 1.78. The summed E-state index contributed by atoms with van der Waals surface area (Å²) in [6.07, 6.45) is 14.2. The number of carbonyl (C=O) groups is 6. The third-order valence-electron chi connectivity index (χ3n) is 10.1. The van der Waals surface area contributed by atoms with Crippen LogP contribution in [0.25, 0.3) is 4.85 Å². The Hall–Kier alpha value is -5.70. The van der Waals surface area contributed by atoms with Gasteiger partial charge in [-0.25, -0.2) is 4.99 Å². The quantitative estimate of drug-likeness (QED) is 0.0291. The standard InChI is InChI=1S/C47H71N9O8/c1-51-41(21-14-16-25-49)47(62)56-30-28-54-45(60)38-32-37(44(59)53-27-29-55-46(61)40(50)20-13-15-24-48)33-39(34-38)63-31-17-26-52-42(57)22-11-6-4-2-3-5-7-12-23-43(58)64-35-36-18-9-8-10-19-36/h1,8-10,18-19,26,32-34,40-41H,2-7,11-17,20-25,27-31,35,48-50H2,(H3-,53,54,55,56,59,60,61,62)/p+1/t40-,41-/m0/s1. The smallest absolute Gasteiger partial charge is 0.348 e. The van der Waals surface area contributed by atoms with Crippen molar-refractivity contribution in [3.8, 4) is 12.3 Å². The zero-order chi connectivity index (χ0) is 46.6. The molecule has 0 bridgehead atoms. The van der Waals surface area contributed by atoms with Gasteiger partial charge in [-0.05, 0) is 75.4 Å². The largest absolute Gasteiger partial charge is 0.493 e. The first kappa shape index (κ1) is 54.4. The number of aliphatic imine (C=N–C) groups is 1. The molecule has 17 heteroatoms. The minimum absolute atomic E-state index is 0.0901. The van der Waals surface area contributed by atoms with Crippen molar-refractivity contribution in [2.45, 2.75) is 128 Å². The molecule has 0 spiro atoms. The number of amides is 5. The summed E-state index contributed by atoms with van der Waals surface area (Å²) >= 11 is 0. The number of nitrogens with two attached hydrogens (primary N) is 3. The summed E-state index contributed by atoms with van der Waals surface area (Å²) < 4.78 is 11.2. The molecule has 0 unspecified atom stereocenters. The third-order valence-corrected chi connectivity index (χ3v) is 10.1. The van der Waals surface area contributed by atoms with Crippen LogP contribution >= 0.6 is 0 Å². The van der Waals surface area contributed by atoms with Crippen molar-refractivity contribution in [2.75, 3.05) is 45.9 Å². The lowest BCUT2D eigenvalue weighted by molar-refractivity contribution is -0.145. The molecule has 10 N–H and O–H groups in total. The van der Waals surface area contributed by atoms with Crippen molar-refractivity contribution in [3.63, 3.8) is 0 Å². The summed E-state index contributed by atoms with van der Waals surface area (Å²) in [5.41, 5.74) is 18.2. The van der Waals surface area contributed by atoms with E-state index in [-0.39, 0.29) is 73.4 Å². The Kier molecular flexibility index (Phi) is 29.6. The van der Waals surface area contributed by atoms with Gasteiger partial charge < -0.3 is 47.9 Å². The molecule has 0 saturated heterocycles. The SMILES string of the molecule is C#[N+][C@@H](CCCCN)C(=O)NCCNC(=O)c1cc(OCCC=NC(=O)CCCCCCCCCCC(=O)OCc2ccccc2)cc(C(=O)NCCNC(=O)[C@@H](N)CCCCN)c1. The number of rotatable bonds is 35. The Labute approximate surface area is 378 Å². The van der Waals surface area contributed by atoms with E-state index in [0.717, 1.165) is 76.2 Å². The van der Waals surface area contributed by atoms with Gasteiger partial charge in [0, 0.05) is 69.2 Å². The molecule has 0 aliphatic rings. The number of ether oxygens (including phenoxy) is 2. The van der Waals surface area contributed by atoms with Gasteiger partial charge in [0.25, 0.3) is 18.4 Å². The Morgan fingerprint density at radius 2 is 1.22 bits per heavy atom. The molecule has 64 heavy (non-hydrogen) atoms. The monoisotopic (exact) mass is 891 g/mol. The van der Waals surface area contributed by atoms with Gasteiger partial charge in [0.15, 0.2) is 0 Å². The number of nitrogens with zero attached hydrogens (tertiary/aromatic N) is 2. The Morgan fingerprint density at radius 3 is 1.81 bits per heavy atom. The number of hydrogen-bond acceptors (Lipinski definition) is 11. The van der Waals surface area contributed by atoms with Crippen LogP contribution in [-0.2, 0) is 30.5 Å². The zero-order valence-electron chi connectivity index (χ0n) is 37.5. The van der Waals surface area contributed by atoms with Gasteiger partial charge in [-0.3, -0.25) is 28.8 Å². The van der Waals surface area contributed by atoms with Gasteiger partial charge in [0.05, 0.1) is 12.6 Å². The van der Waals surface area contributed by atoms with E-state index < -0.39 is 23.9 Å². The fraction of sp³-hybridized carbons (Fsp3) is 0.574. The van der Waals surface area contributed by atoms with Crippen molar-refractivity contribution in [3.05, 3.63) is 70.1 Å². The maximum Gasteiger partial charge on any atom is 0.348 e. The Morgan fingerprint density at radius 1 is 0.672 bits per heavy atom. The maximum atomic E-state index is 13.2. The van der Waals surface area contributed by atoms with Crippen LogP contribution in [0, 0.1) is 6.57 Å². The molecular formula is C47H72N9O8+. The summed E-state index contributed by atoms with van der Waals surface area (Å²) in [6, 6.07) is 12.6. The summed E-state index contributed by atoms with van der Waals surface area (Å²) in [4.78, 5) is 83.1. The molecular weight excluding hydrogens is 819 g/mol. The molecule has 2 rings (SSSR count). The van der Waals surface area contributed by atoms with E-state index in [0.29, 0.717) is 58.2 Å². The van der Waals surface area contributed by atoms with Crippen LogP contribution in [0.1, 0.15) is 135 Å². The molecule has 0 aliphatic carbocycles. The lowest BCUT2D eigenvalue weighted by atomic mass is 10.1. The highest BCUT2D eigenvalue weighted by atomic mass is 16.5. The van der Waals surface area contributed by atoms with Crippen molar-refractivity contribution >= 4 is 41.7 Å². The van der Waals surface area contributed by atoms with Crippen molar-refractivity contribution in [1.82, 2.24) is 21.3 Å². The highest BCUT2D eigenvalue weighted by Crippen LogP contribution is 2.19. The van der Waals surface area contributed by atoms with E-state index in [9.17, 15) is 28.8 Å². The number of nitrogens with one attached hydrogen (secondary N) is 4. The second kappa shape index (κ2) is 34.7. The van der Waals surface area contributed by atoms with Crippen LogP contribution in [0.3, 0.4) is 0 Å². The van der Waals surface area contributed by atoms with Crippen LogP contribution in [-0.4, -0.2) is 99.7 Å². The minimum atomic E-state index is -0.716. The van der Waals surface area contributed by atoms with Gasteiger partial charge in [-0.2, -0.15) is 0 Å². The third kappa shape index (κ3) is 25.4. The van der Waals surface area contributed by atoms with Crippen molar-refractivity contribution in [2.24, 2.45) is 22.2 Å². The number of unbranched alkanes of at least 4 members (excludes halogenated alkanes) is 9. The van der Waals surface area contributed by atoms with E-state index >= 15 is 0 Å². The van der Waals surface area contributed by atoms with E-state index in [2.05, 4.69) is 31.1 Å². The first-order valence-corrected chi connectivity index (χ1v) is 22.8. The average molecular weight is 891 g/mol. The highest BCUT2D eigenvalue weighted by Gasteiger charge is 2.25. The predicted octanol–water partition coefficient (Wildman–Crippen LogP) is 4.31. The van der Waals surface area contributed by atoms with Crippen LogP contribution < -0.4 is 43.2 Å². The average Bonchev–Trinajstić information content (AvgIpc) is 3.30. The number of benzene rings is 2. The van der Waals surface area contributed by atoms with E-state index in [1.54, 1.807) is 0 Å². The van der Waals surface area contributed by atoms with E-state index in [4.69, 9.17) is 33.2 Å². The minimum Gasteiger partial charge on any atom is -0.493 e. The van der Waals surface area contributed by atoms with Crippen LogP contribution in [0.5, 0.6) is 5.75 Å².